The second-order valence-corrected chi connectivity index (χ2v) is 5.99. The lowest BCUT2D eigenvalue weighted by atomic mass is 10.2. The molecule has 1 saturated heterocycles. The summed E-state index contributed by atoms with van der Waals surface area (Å²) in [7, 11) is 3.23. The predicted octanol–water partition coefficient (Wildman–Crippen LogP) is 3.60. The van der Waals surface area contributed by atoms with Gasteiger partial charge in [-0.05, 0) is 47.7 Å². The monoisotopic (exact) mass is 340 g/mol. The Labute approximate surface area is 144 Å². The maximum absolute atomic E-state index is 12.1. The van der Waals surface area contributed by atoms with Gasteiger partial charge in [0.25, 0.3) is 5.91 Å². The quantitative estimate of drug-likeness (QED) is 0.864. The maximum atomic E-state index is 12.1. The van der Waals surface area contributed by atoms with Crippen LogP contribution < -0.4 is 14.8 Å². The average molecular weight is 340 g/mol. The van der Waals surface area contributed by atoms with Gasteiger partial charge in [-0.25, -0.2) is 4.99 Å². The molecule has 0 unspecified atom stereocenters. The third-order valence-corrected chi connectivity index (χ3v) is 4.26. The number of benzene rings is 2. The second-order valence-electron chi connectivity index (χ2n) is 4.96. The fourth-order valence-electron chi connectivity index (χ4n) is 2.13. The summed E-state index contributed by atoms with van der Waals surface area (Å²) in [4.78, 5) is 17.1. The average Bonchev–Trinajstić information content (AvgIpc) is 2.95. The highest BCUT2D eigenvalue weighted by atomic mass is 32.2. The second kappa shape index (κ2) is 7.23. The molecule has 0 saturated carbocycles. The van der Waals surface area contributed by atoms with E-state index in [9.17, 15) is 4.79 Å². The smallest absolute Gasteiger partial charge is 0.264 e. The molecule has 0 aromatic heterocycles. The van der Waals surface area contributed by atoms with Crippen LogP contribution in [0.3, 0.4) is 0 Å². The first-order valence-electron chi connectivity index (χ1n) is 7.25. The Morgan fingerprint density at radius 2 is 1.79 bits per heavy atom. The highest BCUT2D eigenvalue weighted by Crippen LogP contribution is 2.29. The minimum Gasteiger partial charge on any atom is -0.497 e. The number of aliphatic imine (C=N–C) groups is 1. The molecule has 2 aromatic rings. The van der Waals surface area contributed by atoms with Crippen molar-refractivity contribution >= 4 is 34.6 Å². The first-order chi connectivity index (χ1) is 11.7. The van der Waals surface area contributed by atoms with Gasteiger partial charge >= 0.3 is 0 Å². The van der Waals surface area contributed by atoms with Crippen LogP contribution in [0.4, 0.5) is 5.69 Å². The van der Waals surface area contributed by atoms with Crippen molar-refractivity contribution in [2.24, 2.45) is 4.99 Å². The Morgan fingerprint density at radius 1 is 1.04 bits per heavy atom. The van der Waals surface area contributed by atoms with Crippen LogP contribution in [-0.2, 0) is 4.79 Å². The molecule has 0 bridgehead atoms. The maximum Gasteiger partial charge on any atom is 0.264 e. The predicted molar refractivity (Wildman–Crippen MR) is 96.8 cm³/mol. The molecule has 0 atom stereocenters. The van der Waals surface area contributed by atoms with Crippen LogP contribution in [0, 0.1) is 0 Å². The van der Waals surface area contributed by atoms with E-state index in [1.165, 1.54) is 11.8 Å². The molecule has 1 aliphatic heterocycles. The van der Waals surface area contributed by atoms with Crippen LogP contribution in [0.1, 0.15) is 5.56 Å². The van der Waals surface area contributed by atoms with Crippen molar-refractivity contribution in [3.63, 3.8) is 0 Å². The lowest BCUT2D eigenvalue weighted by Gasteiger charge is -2.00. The molecule has 2 aromatic carbocycles. The number of hydrogen-bond donors (Lipinski definition) is 1. The molecule has 6 heteroatoms. The van der Waals surface area contributed by atoms with Crippen molar-refractivity contribution in [2.45, 2.75) is 0 Å². The number of hydrogen-bond acceptors (Lipinski definition) is 5. The van der Waals surface area contributed by atoms with Crippen LogP contribution in [-0.4, -0.2) is 25.3 Å². The third-order valence-electron chi connectivity index (χ3n) is 3.35. The number of nitrogens with zero attached hydrogens (tertiary/aromatic N) is 1. The highest BCUT2D eigenvalue weighted by Gasteiger charge is 2.23. The zero-order valence-corrected chi connectivity index (χ0v) is 14.1. The van der Waals surface area contributed by atoms with E-state index in [0.717, 1.165) is 22.7 Å². The summed E-state index contributed by atoms with van der Waals surface area (Å²) < 4.78 is 10.3. The van der Waals surface area contributed by atoms with Crippen LogP contribution in [0.25, 0.3) is 6.08 Å². The molecule has 0 aliphatic carbocycles. The van der Waals surface area contributed by atoms with Crippen molar-refractivity contribution in [3.8, 4) is 11.5 Å². The number of ether oxygens (including phenoxy) is 2. The summed E-state index contributed by atoms with van der Waals surface area (Å²) in [5, 5.41) is 3.32. The van der Waals surface area contributed by atoms with Gasteiger partial charge in [-0.3, -0.25) is 4.79 Å². The minimum absolute atomic E-state index is 0.155. The summed E-state index contributed by atoms with van der Waals surface area (Å²) in [6, 6.07) is 14.9. The van der Waals surface area contributed by atoms with Crippen LogP contribution >= 0.6 is 11.8 Å². The molecule has 5 nitrogen and oxygen atoms in total. The molecular formula is C18H16N2O3S. The molecule has 122 valence electrons. The molecule has 3 rings (SSSR count). The molecule has 1 N–H and O–H groups in total. The van der Waals surface area contributed by atoms with E-state index in [2.05, 4.69) is 10.3 Å². The van der Waals surface area contributed by atoms with Gasteiger partial charge in [-0.1, -0.05) is 18.2 Å². The summed E-state index contributed by atoms with van der Waals surface area (Å²) in [6.45, 7) is 0. The molecule has 1 fully saturated rings. The normalized spacial score (nSPS) is 17.2. The van der Waals surface area contributed by atoms with Crippen LogP contribution in [0.2, 0.25) is 0 Å². The van der Waals surface area contributed by atoms with Crippen LogP contribution in [0.15, 0.2) is 58.4 Å². The Bertz CT molecular complexity index is 813. The van der Waals surface area contributed by atoms with E-state index in [4.69, 9.17) is 9.47 Å². The van der Waals surface area contributed by atoms with Crippen molar-refractivity contribution in [3.05, 3.63) is 59.0 Å². The van der Waals surface area contributed by atoms with Gasteiger partial charge in [-0.2, -0.15) is 0 Å². The number of amidine groups is 1. The molecule has 24 heavy (non-hydrogen) atoms. The van der Waals surface area contributed by atoms with Crippen molar-refractivity contribution in [1.82, 2.24) is 5.32 Å². The number of carbonyl (C=O) groups is 1. The Hall–Kier alpha value is -2.73. The summed E-state index contributed by atoms with van der Waals surface area (Å²) in [5.41, 5.74) is 1.65. The molecule has 1 aliphatic rings. The van der Waals surface area contributed by atoms with Gasteiger partial charge in [0.05, 0.1) is 24.8 Å². The van der Waals surface area contributed by atoms with E-state index in [-0.39, 0.29) is 5.91 Å². The number of thioether (sulfide) groups is 1. The zero-order valence-electron chi connectivity index (χ0n) is 13.3. The van der Waals surface area contributed by atoms with E-state index < -0.39 is 0 Å². The molecule has 0 radical (unpaired) electrons. The van der Waals surface area contributed by atoms with Crippen LogP contribution in [0.5, 0.6) is 11.5 Å². The largest absolute Gasteiger partial charge is 0.497 e. The number of carbonyl (C=O) groups excluding carboxylic acids is 1. The Balaban J connectivity index is 1.79. The molecule has 1 heterocycles. The zero-order chi connectivity index (χ0) is 16.9. The topological polar surface area (TPSA) is 59.9 Å². The SMILES string of the molecule is COc1ccc(/C=C2/SC(=Nc3cccc(OC)c3)NC2=O)cc1. The minimum atomic E-state index is -0.155. The number of methoxy groups -OCH3 is 2. The number of nitrogens with one attached hydrogen (secondary N) is 1. The lowest BCUT2D eigenvalue weighted by Crippen LogP contribution is -2.19. The number of amides is 1. The Morgan fingerprint density at radius 3 is 2.50 bits per heavy atom. The molecule has 0 spiro atoms. The van der Waals surface area contributed by atoms with Gasteiger partial charge in [0.2, 0.25) is 0 Å². The summed E-state index contributed by atoms with van der Waals surface area (Å²) in [5.74, 6) is 1.35. The van der Waals surface area contributed by atoms with Gasteiger partial charge in [0, 0.05) is 6.07 Å². The molecular weight excluding hydrogens is 324 g/mol. The van der Waals surface area contributed by atoms with Gasteiger partial charge in [0.1, 0.15) is 11.5 Å². The van der Waals surface area contributed by atoms with Crippen molar-refractivity contribution in [2.75, 3.05) is 14.2 Å². The van der Waals surface area contributed by atoms with E-state index >= 15 is 0 Å². The molecule has 1 amide bonds. The van der Waals surface area contributed by atoms with E-state index in [1.807, 2.05) is 54.6 Å². The fraction of sp³-hybridized carbons (Fsp3) is 0.111. The van der Waals surface area contributed by atoms with Crippen molar-refractivity contribution in [1.29, 1.82) is 0 Å². The van der Waals surface area contributed by atoms with Gasteiger partial charge in [-0.15, -0.1) is 0 Å². The lowest BCUT2D eigenvalue weighted by molar-refractivity contribution is -0.115. The summed E-state index contributed by atoms with van der Waals surface area (Å²) >= 11 is 1.31. The number of rotatable bonds is 4. The first kappa shape index (κ1) is 16.1. The fourth-order valence-corrected chi connectivity index (χ4v) is 2.97. The highest BCUT2D eigenvalue weighted by molar-refractivity contribution is 8.18. The van der Waals surface area contributed by atoms with E-state index in [1.54, 1.807) is 14.2 Å². The third kappa shape index (κ3) is 3.78. The Kier molecular flexibility index (Phi) is 4.86. The van der Waals surface area contributed by atoms with Crippen molar-refractivity contribution < 1.29 is 14.3 Å². The van der Waals surface area contributed by atoms with Gasteiger partial charge in [0.15, 0.2) is 5.17 Å². The standard InChI is InChI=1S/C18H16N2O3S/c1-22-14-8-6-12(7-9-14)10-16-17(21)20-18(24-16)19-13-4-3-5-15(11-13)23-2/h3-11H,1-2H3,(H,19,20,21)/b16-10+. The first-order valence-corrected chi connectivity index (χ1v) is 8.07. The van der Waals surface area contributed by atoms with Gasteiger partial charge < -0.3 is 14.8 Å². The van der Waals surface area contributed by atoms with E-state index in [0.29, 0.717) is 10.1 Å². The summed E-state index contributed by atoms with van der Waals surface area (Å²) in [6.07, 6.45) is 1.83.